The summed E-state index contributed by atoms with van der Waals surface area (Å²) >= 11 is 1.82. The van der Waals surface area contributed by atoms with Crippen molar-refractivity contribution in [3.05, 3.63) is 81.3 Å². The van der Waals surface area contributed by atoms with Gasteiger partial charge in [-0.25, -0.2) is 0 Å². The molecule has 0 amide bonds. The SMILES string of the molecule is CCN1C(=Cc2scc(-c3ccc(C)cc3)[n+]2CC)C=Cc2cc(C)ccc21.[I-]. The third kappa shape index (κ3) is 4.33. The van der Waals surface area contributed by atoms with Gasteiger partial charge >= 0.3 is 0 Å². The minimum Gasteiger partial charge on any atom is -1.00 e. The highest BCUT2D eigenvalue weighted by Crippen LogP contribution is 2.33. The number of aryl methyl sites for hydroxylation is 2. The molecule has 0 fully saturated rings. The molecule has 4 rings (SSSR count). The summed E-state index contributed by atoms with van der Waals surface area (Å²) in [6, 6.07) is 15.5. The summed E-state index contributed by atoms with van der Waals surface area (Å²) < 4.78 is 2.41. The fraction of sp³-hybridized carbons (Fsp3) is 0.240. The third-order valence-electron chi connectivity index (χ3n) is 5.32. The lowest BCUT2D eigenvalue weighted by molar-refractivity contribution is -0.679. The van der Waals surface area contributed by atoms with Gasteiger partial charge in [0.25, 0.3) is 5.01 Å². The molecule has 0 radical (unpaired) electrons. The molecule has 1 aliphatic heterocycles. The molecule has 3 aromatic rings. The van der Waals surface area contributed by atoms with Crippen LogP contribution in [0.1, 0.15) is 35.5 Å². The van der Waals surface area contributed by atoms with Crippen LogP contribution in [0.3, 0.4) is 0 Å². The van der Waals surface area contributed by atoms with Crippen LogP contribution >= 0.6 is 11.3 Å². The van der Waals surface area contributed by atoms with Gasteiger partial charge in [-0.05, 0) is 63.6 Å². The maximum atomic E-state index is 2.41. The van der Waals surface area contributed by atoms with E-state index in [1.807, 2.05) is 11.3 Å². The maximum absolute atomic E-state index is 2.41. The quantitative estimate of drug-likeness (QED) is 0.383. The summed E-state index contributed by atoms with van der Waals surface area (Å²) in [6.45, 7) is 10.6. The molecule has 2 aromatic carbocycles. The van der Waals surface area contributed by atoms with E-state index in [1.165, 1.54) is 44.3 Å². The van der Waals surface area contributed by atoms with Gasteiger partial charge in [-0.3, -0.25) is 0 Å². The Bertz CT molecular complexity index is 1060. The van der Waals surface area contributed by atoms with E-state index < -0.39 is 0 Å². The monoisotopic (exact) mass is 514 g/mol. The van der Waals surface area contributed by atoms with Gasteiger partial charge in [-0.1, -0.05) is 46.7 Å². The van der Waals surface area contributed by atoms with Crippen molar-refractivity contribution in [1.82, 2.24) is 0 Å². The molecule has 4 heteroatoms. The summed E-state index contributed by atoms with van der Waals surface area (Å²) in [4.78, 5) is 2.40. The topological polar surface area (TPSA) is 7.12 Å². The minimum atomic E-state index is 0. The second kappa shape index (κ2) is 9.26. The standard InChI is InChI=1S/C25H27N2S.HI/c1-5-26-22(13-12-21-15-19(4)9-14-23(21)26)16-25-27(6-2)24(17-28-25)20-10-7-18(3)8-11-20;/h7-17H,5-6H2,1-4H3;1H/q+1;/p-1. The highest BCUT2D eigenvalue weighted by Gasteiger charge is 2.22. The van der Waals surface area contributed by atoms with E-state index in [0.29, 0.717) is 0 Å². The number of aromatic nitrogens is 1. The van der Waals surface area contributed by atoms with Gasteiger partial charge in [0.15, 0.2) is 0 Å². The molecule has 0 saturated heterocycles. The molecule has 0 atom stereocenters. The van der Waals surface area contributed by atoms with Crippen molar-refractivity contribution in [3.63, 3.8) is 0 Å². The first-order valence-electron chi connectivity index (χ1n) is 9.97. The largest absolute Gasteiger partial charge is 1.00 e. The first kappa shape index (κ1) is 21.8. The van der Waals surface area contributed by atoms with Crippen LogP contribution in [0, 0.1) is 13.8 Å². The molecule has 1 aromatic heterocycles. The van der Waals surface area contributed by atoms with Crippen molar-refractivity contribution in [2.24, 2.45) is 0 Å². The van der Waals surface area contributed by atoms with Crippen LogP contribution in [0.25, 0.3) is 23.4 Å². The van der Waals surface area contributed by atoms with Gasteiger partial charge < -0.3 is 28.9 Å². The number of likely N-dealkylation sites (N-methyl/N-ethyl adjacent to an activating group) is 1. The van der Waals surface area contributed by atoms with Crippen molar-refractivity contribution in [2.75, 3.05) is 11.4 Å². The summed E-state index contributed by atoms with van der Waals surface area (Å²) in [5, 5.41) is 3.56. The summed E-state index contributed by atoms with van der Waals surface area (Å²) in [5.41, 5.74) is 9.01. The summed E-state index contributed by atoms with van der Waals surface area (Å²) in [7, 11) is 0. The van der Waals surface area contributed by atoms with E-state index in [4.69, 9.17) is 0 Å². The Kier molecular flexibility index (Phi) is 6.96. The molecular formula is C25H27IN2S. The maximum Gasteiger partial charge on any atom is 0.264 e. The number of rotatable bonds is 4. The van der Waals surface area contributed by atoms with Gasteiger partial charge in [-0.2, -0.15) is 4.57 Å². The molecule has 2 heterocycles. The van der Waals surface area contributed by atoms with Crippen molar-refractivity contribution in [1.29, 1.82) is 0 Å². The zero-order valence-corrected chi connectivity index (χ0v) is 20.4. The Morgan fingerprint density at radius 1 is 0.966 bits per heavy atom. The lowest BCUT2D eigenvalue weighted by Crippen LogP contribution is -3.00. The lowest BCUT2D eigenvalue weighted by Gasteiger charge is -2.29. The lowest BCUT2D eigenvalue weighted by atomic mass is 10.0. The Balaban J connectivity index is 0.00000240. The third-order valence-corrected chi connectivity index (χ3v) is 6.24. The molecule has 150 valence electrons. The van der Waals surface area contributed by atoms with Crippen LogP contribution in [0.5, 0.6) is 0 Å². The first-order valence-corrected chi connectivity index (χ1v) is 10.8. The number of anilines is 1. The van der Waals surface area contributed by atoms with E-state index in [1.54, 1.807) is 0 Å². The molecule has 0 bridgehead atoms. The molecule has 29 heavy (non-hydrogen) atoms. The van der Waals surface area contributed by atoms with E-state index >= 15 is 0 Å². The molecule has 0 saturated carbocycles. The van der Waals surface area contributed by atoms with Gasteiger partial charge in [0, 0.05) is 29.6 Å². The number of hydrogen-bond acceptors (Lipinski definition) is 2. The average Bonchev–Trinajstić information content (AvgIpc) is 3.11. The molecule has 2 nitrogen and oxygen atoms in total. The van der Waals surface area contributed by atoms with Crippen LogP contribution in [0.4, 0.5) is 5.69 Å². The Hall–Kier alpha value is -1.92. The fourth-order valence-corrected chi connectivity index (χ4v) is 4.85. The van der Waals surface area contributed by atoms with Gasteiger partial charge in [-0.15, -0.1) is 0 Å². The van der Waals surface area contributed by atoms with Crippen molar-refractivity contribution >= 4 is 29.2 Å². The molecule has 1 aliphatic rings. The predicted molar refractivity (Wildman–Crippen MR) is 122 cm³/mol. The Labute approximate surface area is 195 Å². The van der Waals surface area contributed by atoms with Crippen LogP contribution in [-0.2, 0) is 6.54 Å². The van der Waals surface area contributed by atoms with E-state index in [9.17, 15) is 0 Å². The molecule has 0 spiro atoms. The normalized spacial score (nSPS) is 14.1. The number of halogens is 1. The minimum absolute atomic E-state index is 0. The second-order valence-electron chi connectivity index (χ2n) is 7.28. The number of benzene rings is 2. The molecular weight excluding hydrogens is 487 g/mol. The number of allylic oxidation sites excluding steroid dienone is 1. The van der Waals surface area contributed by atoms with Crippen LogP contribution in [-0.4, -0.2) is 6.54 Å². The zero-order valence-electron chi connectivity index (χ0n) is 17.4. The van der Waals surface area contributed by atoms with Crippen LogP contribution < -0.4 is 33.4 Å². The molecule has 0 unspecified atom stereocenters. The molecule has 0 N–H and O–H groups in total. The number of nitrogens with zero attached hydrogens (tertiary/aromatic N) is 2. The van der Waals surface area contributed by atoms with Crippen molar-refractivity contribution < 1.29 is 28.5 Å². The van der Waals surface area contributed by atoms with Gasteiger partial charge in [0.05, 0.1) is 5.38 Å². The van der Waals surface area contributed by atoms with Gasteiger partial charge in [0.2, 0.25) is 5.69 Å². The Morgan fingerprint density at radius 2 is 1.69 bits per heavy atom. The summed E-state index contributed by atoms with van der Waals surface area (Å²) in [5.74, 6) is 0. The van der Waals surface area contributed by atoms with E-state index in [0.717, 1.165) is 13.1 Å². The van der Waals surface area contributed by atoms with E-state index in [-0.39, 0.29) is 24.0 Å². The second-order valence-corrected chi connectivity index (χ2v) is 8.17. The first-order chi connectivity index (χ1) is 13.6. The predicted octanol–water partition coefficient (Wildman–Crippen LogP) is 3.24. The smallest absolute Gasteiger partial charge is 0.264 e. The fourth-order valence-electron chi connectivity index (χ4n) is 3.81. The zero-order chi connectivity index (χ0) is 19.7. The highest BCUT2D eigenvalue weighted by molar-refractivity contribution is 7.10. The van der Waals surface area contributed by atoms with Crippen molar-refractivity contribution in [2.45, 2.75) is 34.2 Å². The van der Waals surface area contributed by atoms with Crippen LogP contribution in [0.15, 0.2) is 59.6 Å². The number of fused-ring (bicyclic) bond motifs is 1. The molecule has 0 aliphatic carbocycles. The Morgan fingerprint density at radius 3 is 2.38 bits per heavy atom. The average molecular weight is 514 g/mol. The van der Waals surface area contributed by atoms with E-state index in [2.05, 4.69) is 103 Å². The summed E-state index contributed by atoms with van der Waals surface area (Å²) in [6.07, 6.45) is 6.82. The number of thiazole rings is 1. The van der Waals surface area contributed by atoms with Gasteiger partial charge in [0.1, 0.15) is 6.54 Å². The highest BCUT2D eigenvalue weighted by atomic mass is 127. The number of hydrogen-bond donors (Lipinski definition) is 0. The van der Waals surface area contributed by atoms with Crippen LogP contribution in [0.2, 0.25) is 0 Å². The van der Waals surface area contributed by atoms with Crippen molar-refractivity contribution in [3.8, 4) is 11.3 Å².